The van der Waals surface area contributed by atoms with Gasteiger partial charge in [0.25, 0.3) is 0 Å². The van der Waals surface area contributed by atoms with Crippen molar-refractivity contribution in [1.29, 1.82) is 0 Å². The fourth-order valence-electron chi connectivity index (χ4n) is 3.80. The zero-order valence-electron chi connectivity index (χ0n) is 11.4. The number of rotatable bonds is 2. The van der Waals surface area contributed by atoms with Gasteiger partial charge in [0.1, 0.15) is 0 Å². The minimum absolute atomic E-state index is 0.155. The number of hydrogen-bond donors (Lipinski definition) is 1. The Morgan fingerprint density at radius 3 is 2.82 bits per heavy atom. The maximum atomic E-state index is 9.15. The highest BCUT2D eigenvalue weighted by molar-refractivity contribution is 5.28. The molecule has 0 amide bonds. The third-order valence-corrected chi connectivity index (χ3v) is 4.85. The largest absolute Gasteiger partial charge is 0.392 e. The maximum absolute atomic E-state index is 9.15. The summed E-state index contributed by atoms with van der Waals surface area (Å²) in [5, 5.41) is 9.15. The van der Waals surface area contributed by atoms with Crippen molar-refractivity contribution in [2.45, 2.75) is 39.7 Å². The highest BCUT2D eigenvalue weighted by atomic mass is 16.5. The van der Waals surface area contributed by atoms with E-state index in [4.69, 9.17) is 9.84 Å². The van der Waals surface area contributed by atoms with Crippen molar-refractivity contribution in [3.63, 3.8) is 0 Å². The molecule has 0 bridgehead atoms. The third-order valence-electron chi connectivity index (χ3n) is 4.85. The molecule has 2 heteroatoms. The summed E-state index contributed by atoms with van der Waals surface area (Å²) in [4.78, 5) is 0. The van der Waals surface area contributed by atoms with Gasteiger partial charge in [-0.1, -0.05) is 31.6 Å². The molecule has 2 rings (SSSR count). The number of ether oxygens (including phenoxy) is 1. The fraction of sp³-hybridized carbons (Fsp3) is 0.733. The Morgan fingerprint density at radius 1 is 1.53 bits per heavy atom. The molecular formula is C15H24O2. The Morgan fingerprint density at radius 2 is 2.24 bits per heavy atom. The summed E-state index contributed by atoms with van der Waals surface area (Å²) in [5.41, 5.74) is 2.97. The quantitative estimate of drug-likeness (QED) is 0.747. The topological polar surface area (TPSA) is 29.5 Å². The van der Waals surface area contributed by atoms with Crippen molar-refractivity contribution in [2.75, 3.05) is 13.7 Å². The molecule has 0 radical (unpaired) electrons. The molecule has 2 nitrogen and oxygen atoms in total. The number of allylic oxidation sites excluding steroid dienone is 2. The van der Waals surface area contributed by atoms with Crippen LogP contribution in [0, 0.1) is 17.3 Å². The molecule has 1 fully saturated rings. The molecule has 1 saturated carbocycles. The van der Waals surface area contributed by atoms with E-state index < -0.39 is 0 Å². The van der Waals surface area contributed by atoms with Crippen LogP contribution >= 0.6 is 0 Å². The summed E-state index contributed by atoms with van der Waals surface area (Å²) in [6, 6.07) is 0. The molecular weight excluding hydrogens is 212 g/mol. The zero-order valence-corrected chi connectivity index (χ0v) is 11.4. The normalized spacial score (nSPS) is 38.1. The summed E-state index contributed by atoms with van der Waals surface area (Å²) in [7, 11) is 1.81. The Labute approximate surface area is 104 Å². The Kier molecular flexibility index (Phi) is 3.46. The van der Waals surface area contributed by atoms with Crippen molar-refractivity contribution in [1.82, 2.24) is 0 Å². The van der Waals surface area contributed by atoms with E-state index in [1.54, 1.807) is 0 Å². The van der Waals surface area contributed by atoms with E-state index in [1.807, 2.05) is 13.2 Å². The van der Waals surface area contributed by atoms with Gasteiger partial charge in [0.2, 0.25) is 0 Å². The number of hydrogen-bond acceptors (Lipinski definition) is 2. The molecule has 3 atom stereocenters. The molecule has 0 heterocycles. The molecule has 0 aliphatic heterocycles. The predicted octanol–water partition coefficient (Wildman–Crippen LogP) is 2.93. The Bertz CT molecular complexity index is 352. The average molecular weight is 236 g/mol. The van der Waals surface area contributed by atoms with E-state index in [-0.39, 0.29) is 18.1 Å². The molecule has 96 valence electrons. The second-order valence-corrected chi connectivity index (χ2v) is 5.95. The lowest BCUT2D eigenvalue weighted by atomic mass is 9.70. The molecule has 0 aromatic carbocycles. The lowest BCUT2D eigenvalue weighted by Gasteiger charge is -2.37. The van der Waals surface area contributed by atoms with Gasteiger partial charge in [-0.05, 0) is 42.6 Å². The van der Waals surface area contributed by atoms with Gasteiger partial charge in [-0.3, -0.25) is 0 Å². The lowest BCUT2D eigenvalue weighted by Crippen LogP contribution is -2.34. The third kappa shape index (κ3) is 1.98. The first kappa shape index (κ1) is 12.8. The van der Waals surface area contributed by atoms with Gasteiger partial charge < -0.3 is 9.84 Å². The fourth-order valence-corrected chi connectivity index (χ4v) is 3.80. The molecule has 1 N–H and O–H groups in total. The van der Waals surface area contributed by atoms with Crippen LogP contribution in [0.4, 0.5) is 0 Å². The molecule has 2 aliphatic carbocycles. The Hall–Kier alpha value is -0.600. The first-order valence-electron chi connectivity index (χ1n) is 6.52. The van der Waals surface area contributed by atoms with Crippen LogP contribution in [0.15, 0.2) is 23.3 Å². The highest BCUT2D eigenvalue weighted by Crippen LogP contribution is 2.55. The van der Waals surface area contributed by atoms with Crippen LogP contribution in [0.2, 0.25) is 0 Å². The highest BCUT2D eigenvalue weighted by Gasteiger charge is 2.49. The molecule has 0 saturated heterocycles. The molecule has 0 unspecified atom stereocenters. The van der Waals surface area contributed by atoms with E-state index in [0.29, 0.717) is 11.8 Å². The first-order valence-corrected chi connectivity index (χ1v) is 6.52. The van der Waals surface area contributed by atoms with Crippen LogP contribution in [0.1, 0.15) is 33.6 Å². The minimum Gasteiger partial charge on any atom is -0.392 e. The van der Waals surface area contributed by atoms with Crippen molar-refractivity contribution >= 4 is 0 Å². The van der Waals surface area contributed by atoms with Gasteiger partial charge in [-0.2, -0.15) is 0 Å². The standard InChI is InChI=1S/C15H24O2/c1-10-5-6-13-12(14(10)17-4)9-11(7-8-16)15(13,2)3/h5,7,12-14,16H,6,8-9H2,1-4H3/b11-7+/t12-,13+,14-/m0/s1. The average Bonchev–Trinajstić information content (AvgIpc) is 2.52. The van der Waals surface area contributed by atoms with Crippen molar-refractivity contribution in [3.05, 3.63) is 23.3 Å². The van der Waals surface area contributed by atoms with Crippen LogP contribution in [-0.4, -0.2) is 24.9 Å². The summed E-state index contributed by atoms with van der Waals surface area (Å²) < 4.78 is 5.68. The number of fused-ring (bicyclic) bond motifs is 1. The summed E-state index contributed by atoms with van der Waals surface area (Å²) >= 11 is 0. The van der Waals surface area contributed by atoms with E-state index in [1.165, 1.54) is 11.1 Å². The SMILES string of the molecule is CO[C@H]1C(C)=CC[C@@H]2[C@@H]1C/C(=C\CO)C2(C)C. The van der Waals surface area contributed by atoms with Gasteiger partial charge >= 0.3 is 0 Å². The van der Waals surface area contributed by atoms with Crippen molar-refractivity contribution < 1.29 is 9.84 Å². The monoisotopic (exact) mass is 236 g/mol. The van der Waals surface area contributed by atoms with Crippen molar-refractivity contribution in [3.8, 4) is 0 Å². The van der Waals surface area contributed by atoms with Crippen LogP contribution in [0.3, 0.4) is 0 Å². The van der Waals surface area contributed by atoms with Gasteiger partial charge in [-0.15, -0.1) is 0 Å². The zero-order chi connectivity index (χ0) is 12.6. The number of aliphatic hydroxyl groups is 1. The lowest BCUT2D eigenvalue weighted by molar-refractivity contribution is 0.0410. The summed E-state index contributed by atoms with van der Waals surface area (Å²) in [6.07, 6.45) is 6.81. The summed E-state index contributed by atoms with van der Waals surface area (Å²) in [6.45, 7) is 6.94. The molecule has 0 aromatic heterocycles. The predicted molar refractivity (Wildman–Crippen MR) is 69.7 cm³/mol. The minimum atomic E-state index is 0.155. The van der Waals surface area contributed by atoms with E-state index in [9.17, 15) is 0 Å². The van der Waals surface area contributed by atoms with Crippen LogP contribution in [0.5, 0.6) is 0 Å². The molecule has 2 aliphatic rings. The van der Waals surface area contributed by atoms with Gasteiger partial charge in [0, 0.05) is 7.11 Å². The van der Waals surface area contributed by atoms with E-state index >= 15 is 0 Å². The van der Waals surface area contributed by atoms with E-state index in [0.717, 1.165) is 12.8 Å². The Balaban J connectivity index is 2.32. The van der Waals surface area contributed by atoms with E-state index in [2.05, 4.69) is 26.8 Å². The van der Waals surface area contributed by atoms with Gasteiger partial charge in [-0.25, -0.2) is 0 Å². The van der Waals surface area contributed by atoms with Crippen LogP contribution < -0.4 is 0 Å². The van der Waals surface area contributed by atoms with Crippen LogP contribution in [0.25, 0.3) is 0 Å². The van der Waals surface area contributed by atoms with Crippen molar-refractivity contribution in [2.24, 2.45) is 17.3 Å². The van der Waals surface area contributed by atoms with Gasteiger partial charge in [0.05, 0.1) is 12.7 Å². The molecule has 17 heavy (non-hydrogen) atoms. The maximum Gasteiger partial charge on any atom is 0.0812 e. The summed E-state index contributed by atoms with van der Waals surface area (Å²) in [5.74, 6) is 1.23. The second-order valence-electron chi connectivity index (χ2n) is 5.95. The molecule has 0 spiro atoms. The first-order chi connectivity index (χ1) is 8.02. The second kappa shape index (κ2) is 4.58. The van der Waals surface area contributed by atoms with Gasteiger partial charge in [0.15, 0.2) is 0 Å². The number of methoxy groups -OCH3 is 1. The van der Waals surface area contributed by atoms with Crippen LogP contribution in [-0.2, 0) is 4.74 Å². The smallest absolute Gasteiger partial charge is 0.0812 e. The molecule has 0 aromatic rings. The number of aliphatic hydroxyl groups excluding tert-OH is 1.